The van der Waals surface area contributed by atoms with Gasteiger partial charge in [0.05, 0.1) is 29.5 Å². The number of hydrogen-bond acceptors (Lipinski definition) is 5. The number of esters is 1. The minimum absolute atomic E-state index is 0. The van der Waals surface area contributed by atoms with E-state index in [1.165, 1.54) is 17.7 Å². The molecule has 0 saturated heterocycles. The monoisotopic (exact) mass is 601 g/mol. The fourth-order valence-corrected chi connectivity index (χ4v) is 3.82. The number of methoxy groups -OCH3 is 1. The van der Waals surface area contributed by atoms with Gasteiger partial charge in [0, 0.05) is 47.8 Å². The largest absolute Gasteiger partial charge is 0.465 e. The summed E-state index contributed by atoms with van der Waals surface area (Å²) in [7, 11) is 1.31. The number of pyridine rings is 1. The van der Waals surface area contributed by atoms with E-state index in [0.29, 0.717) is 17.5 Å². The van der Waals surface area contributed by atoms with Crippen LogP contribution < -0.4 is 5.56 Å². The van der Waals surface area contributed by atoms with E-state index in [1.54, 1.807) is 48.5 Å². The van der Waals surface area contributed by atoms with Crippen LogP contribution in [0, 0.1) is 47.4 Å². The van der Waals surface area contributed by atoms with Gasteiger partial charge < -0.3 is 19.5 Å². The average Bonchev–Trinajstić information content (AvgIpc) is 2.79. The van der Waals surface area contributed by atoms with Gasteiger partial charge in [0.15, 0.2) is 0 Å². The number of carbonyl (C=O) groups excluding carboxylic acids is 1. The molecule has 2 atom stereocenters. The van der Waals surface area contributed by atoms with Crippen LogP contribution in [0.25, 0.3) is 0 Å². The number of carbonyl (C=O) groups is 1. The molecule has 3 rings (SSSR count). The molecule has 165 valence electrons. The minimum Gasteiger partial charge on any atom is -0.465 e. The number of halogens is 2. The molecule has 1 aromatic heterocycles. The van der Waals surface area contributed by atoms with Gasteiger partial charge in [0.1, 0.15) is 11.1 Å². The van der Waals surface area contributed by atoms with Crippen molar-refractivity contribution in [3.63, 3.8) is 0 Å². The van der Waals surface area contributed by atoms with E-state index in [1.807, 2.05) is 0 Å². The van der Waals surface area contributed by atoms with E-state index in [9.17, 15) is 19.8 Å². The van der Waals surface area contributed by atoms with Crippen molar-refractivity contribution in [3.05, 3.63) is 103 Å². The predicted molar refractivity (Wildman–Crippen MR) is 117 cm³/mol. The van der Waals surface area contributed by atoms with Gasteiger partial charge >= 0.3 is 5.97 Å². The SMILES string of the molecule is COC(=O)c1ccc(CCn2c(C(O)C(O)c3c[c-]ccc3)c(Cl)cc(Cl)c2=O)cc1.[Pr]. The Labute approximate surface area is 228 Å². The van der Waals surface area contributed by atoms with E-state index in [4.69, 9.17) is 23.2 Å². The van der Waals surface area contributed by atoms with E-state index >= 15 is 0 Å². The summed E-state index contributed by atoms with van der Waals surface area (Å²) in [4.78, 5) is 24.3. The van der Waals surface area contributed by atoms with Gasteiger partial charge in [0.2, 0.25) is 0 Å². The molecule has 32 heavy (non-hydrogen) atoms. The second-order valence-electron chi connectivity index (χ2n) is 6.85. The second-order valence-corrected chi connectivity index (χ2v) is 7.66. The van der Waals surface area contributed by atoms with Crippen molar-refractivity contribution in [1.29, 1.82) is 0 Å². The maximum Gasteiger partial charge on any atom is 0.337 e. The first-order valence-electron chi connectivity index (χ1n) is 9.41. The Balaban J connectivity index is 0.00000363. The molecule has 1 radical (unpaired) electrons. The van der Waals surface area contributed by atoms with Crippen molar-refractivity contribution in [2.75, 3.05) is 7.11 Å². The number of aliphatic hydroxyl groups excluding tert-OH is 2. The van der Waals surface area contributed by atoms with Gasteiger partial charge in [-0.15, -0.1) is 5.56 Å². The Morgan fingerprint density at radius 1 is 1.12 bits per heavy atom. The van der Waals surface area contributed by atoms with Crippen LogP contribution in [-0.2, 0) is 17.7 Å². The molecule has 3 aromatic rings. The smallest absolute Gasteiger partial charge is 0.337 e. The van der Waals surface area contributed by atoms with Crippen LogP contribution in [0.3, 0.4) is 0 Å². The normalized spacial score (nSPS) is 12.5. The molecule has 9 heteroatoms. The number of benzene rings is 2. The molecular formula is C23H20Cl2NO5Pr-. The molecule has 1 heterocycles. The van der Waals surface area contributed by atoms with Crippen LogP contribution >= 0.6 is 23.2 Å². The van der Waals surface area contributed by atoms with Gasteiger partial charge in [-0.25, -0.2) is 4.79 Å². The van der Waals surface area contributed by atoms with Crippen molar-refractivity contribution in [2.24, 2.45) is 0 Å². The Bertz CT molecular complexity index is 1120. The van der Waals surface area contributed by atoms with E-state index in [-0.39, 0.29) is 63.6 Å². The fourth-order valence-electron chi connectivity index (χ4n) is 3.23. The first-order valence-corrected chi connectivity index (χ1v) is 10.2. The number of aromatic nitrogens is 1. The molecule has 2 aromatic carbocycles. The summed E-state index contributed by atoms with van der Waals surface area (Å²) >= 11 is 12.3. The molecule has 6 nitrogen and oxygen atoms in total. The third-order valence-electron chi connectivity index (χ3n) is 4.89. The summed E-state index contributed by atoms with van der Waals surface area (Å²) in [6.07, 6.45) is -2.39. The molecule has 0 amide bonds. The average molecular weight is 602 g/mol. The molecule has 0 aliphatic rings. The number of nitrogens with zero attached hydrogens (tertiary/aromatic N) is 1. The Morgan fingerprint density at radius 3 is 2.41 bits per heavy atom. The quantitative estimate of drug-likeness (QED) is 0.318. The summed E-state index contributed by atoms with van der Waals surface area (Å²) in [5, 5.41) is 21.4. The Hall–Kier alpha value is -1.28. The van der Waals surface area contributed by atoms with E-state index in [0.717, 1.165) is 5.56 Å². The summed E-state index contributed by atoms with van der Waals surface area (Å²) in [6.45, 7) is 0.150. The predicted octanol–water partition coefficient (Wildman–Crippen LogP) is 3.75. The van der Waals surface area contributed by atoms with Crippen LogP contribution in [0.1, 0.15) is 39.4 Å². The summed E-state index contributed by atoms with van der Waals surface area (Å²) in [5.74, 6) is -0.443. The van der Waals surface area contributed by atoms with E-state index in [2.05, 4.69) is 10.8 Å². The molecule has 0 spiro atoms. The zero-order valence-electron chi connectivity index (χ0n) is 17.2. The van der Waals surface area contributed by atoms with Crippen molar-refractivity contribution in [1.82, 2.24) is 4.57 Å². The molecule has 0 bridgehead atoms. The van der Waals surface area contributed by atoms with Crippen LogP contribution in [0.15, 0.2) is 59.4 Å². The van der Waals surface area contributed by atoms with Crippen LogP contribution in [0.5, 0.6) is 0 Å². The molecule has 0 aliphatic carbocycles. The summed E-state index contributed by atoms with van der Waals surface area (Å²) in [6, 6.07) is 17.4. The number of aliphatic hydroxyl groups is 2. The van der Waals surface area contributed by atoms with Gasteiger partial charge in [-0.05, 0) is 30.2 Å². The Morgan fingerprint density at radius 2 is 1.81 bits per heavy atom. The molecule has 0 saturated carbocycles. The summed E-state index contributed by atoms with van der Waals surface area (Å²) in [5.41, 5.74) is 1.22. The third kappa shape index (κ3) is 6.19. The molecule has 0 aliphatic heterocycles. The van der Waals surface area contributed by atoms with Gasteiger partial charge in [-0.2, -0.15) is 30.3 Å². The molecule has 0 fully saturated rings. The number of aryl methyl sites for hydroxylation is 1. The fraction of sp³-hybridized carbons (Fsp3) is 0.217. The standard InChI is InChI=1S/C23H20Cl2NO5.Pr/c1-31-23(30)16-9-7-14(8-10-16)11-12-26-19(17(24)13-18(25)22(26)29)21(28)20(27)15-5-3-2-4-6-15;/h2-3,5-10,13,20-21,27-28H,11-12H2,1H3;/q-1;. The van der Waals surface area contributed by atoms with Crippen molar-refractivity contribution in [2.45, 2.75) is 25.2 Å². The maximum atomic E-state index is 12.7. The number of hydrogen-bond donors (Lipinski definition) is 2. The first-order chi connectivity index (χ1) is 14.8. The zero-order valence-corrected chi connectivity index (χ0v) is 22.4. The van der Waals surface area contributed by atoms with Gasteiger partial charge in [-0.3, -0.25) is 4.79 Å². The number of rotatable bonds is 7. The van der Waals surface area contributed by atoms with Crippen molar-refractivity contribution < 1.29 is 61.0 Å². The van der Waals surface area contributed by atoms with E-state index < -0.39 is 23.7 Å². The molecular weight excluding hydrogens is 582 g/mol. The second kappa shape index (κ2) is 12.3. The van der Waals surface area contributed by atoms with Gasteiger partial charge in [-0.1, -0.05) is 35.3 Å². The number of ether oxygens (including phenoxy) is 1. The topological polar surface area (TPSA) is 88.8 Å². The van der Waals surface area contributed by atoms with Crippen molar-refractivity contribution in [3.8, 4) is 0 Å². The zero-order chi connectivity index (χ0) is 22.5. The Kier molecular flexibility index (Phi) is 10.3. The third-order valence-corrected chi connectivity index (χ3v) is 5.46. The molecule has 2 unspecified atom stereocenters. The van der Waals surface area contributed by atoms with Crippen LogP contribution in [0.2, 0.25) is 10.0 Å². The van der Waals surface area contributed by atoms with Crippen molar-refractivity contribution >= 4 is 29.2 Å². The minimum atomic E-state index is -1.46. The van der Waals surface area contributed by atoms with Crippen LogP contribution in [-0.4, -0.2) is 27.9 Å². The molecule has 2 N–H and O–H groups in total. The first kappa shape index (κ1) is 27.0. The maximum absolute atomic E-state index is 12.7. The summed E-state index contributed by atoms with van der Waals surface area (Å²) < 4.78 is 5.94. The van der Waals surface area contributed by atoms with Crippen LogP contribution in [0.4, 0.5) is 0 Å². The van der Waals surface area contributed by atoms with Gasteiger partial charge in [0.25, 0.3) is 5.56 Å².